The first-order chi connectivity index (χ1) is 19.1. The molecule has 1 aliphatic rings. The fourth-order valence-corrected chi connectivity index (χ4v) is 5.26. The van der Waals surface area contributed by atoms with Crippen molar-refractivity contribution in [1.29, 1.82) is 0 Å². The number of rotatable bonds is 12. The van der Waals surface area contributed by atoms with Crippen molar-refractivity contribution < 1.29 is 38.5 Å². The summed E-state index contributed by atoms with van der Waals surface area (Å²) in [7, 11) is 1.41. The maximum atomic E-state index is 14.7. The number of carbonyl (C=O) groups excluding carboxylic acids is 3. The zero-order valence-electron chi connectivity index (χ0n) is 22.6. The van der Waals surface area contributed by atoms with Crippen LogP contribution in [0.1, 0.15) is 42.6 Å². The third kappa shape index (κ3) is 7.79. The maximum absolute atomic E-state index is 14.7. The summed E-state index contributed by atoms with van der Waals surface area (Å²) in [6.07, 6.45) is -0.126. The van der Waals surface area contributed by atoms with Crippen LogP contribution in [0.4, 0.5) is 4.39 Å². The number of aliphatic hydroxyl groups excluding tert-OH is 2. The van der Waals surface area contributed by atoms with Gasteiger partial charge in [0.15, 0.2) is 11.5 Å². The summed E-state index contributed by atoms with van der Waals surface area (Å²) in [5.41, 5.74) is 0.875. The minimum atomic E-state index is -1.30. The molecule has 3 atom stereocenters. The Morgan fingerprint density at radius 2 is 2.00 bits per heavy atom. The van der Waals surface area contributed by atoms with Crippen molar-refractivity contribution in [2.75, 3.05) is 20.3 Å². The monoisotopic (exact) mass is 668 g/mol. The summed E-state index contributed by atoms with van der Waals surface area (Å²) in [5.74, 6) is -0.788. The summed E-state index contributed by atoms with van der Waals surface area (Å²) in [5, 5.41) is 23.4. The summed E-state index contributed by atoms with van der Waals surface area (Å²) < 4.78 is 26.8. The molecule has 1 aliphatic carbocycles. The standard InChI is InChI=1S/C29H34FIN2O7/c1-17(2)10-26(36)33(15-19-6-4-5-7-21(19)30)23-13-20(29(38)32-8-9-34)14-24(27(23)37)40-28-22(31)11-18(16-35)12-25(28)39-3/h4-7,11-12,14,16-17,23-24,27,34,37H,8-10,13,15H2,1-3H3,(H,32,38). The fourth-order valence-electron chi connectivity index (χ4n) is 4.50. The third-order valence-corrected chi connectivity index (χ3v) is 7.26. The van der Waals surface area contributed by atoms with Crippen LogP contribution in [0.15, 0.2) is 48.0 Å². The molecule has 2 amide bonds. The maximum Gasteiger partial charge on any atom is 0.247 e. The first-order valence-corrected chi connectivity index (χ1v) is 14.0. The first-order valence-electron chi connectivity index (χ1n) is 12.9. The van der Waals surface area contributed by atoms with Gasteiger partial charge < -0.3 is 29.9 Å². The molecule has 11 heteroatoms. The van der Waals surface area contributed by atoms with Gasteiger partial charge in [-0.05, 0) is 52.8 Å². The van der Waals surface area contributed by atoms with E-state index in [0.29, 0.717) is 15.4 Å². The summed E-state index contributed by atoms with van der Waals surface area (Å²) in [6, 6.07) is 8.23. The van der Waals surface area contributed by atoms with Crippen molar-refractivity contribution in [3.05, 3.63) is 68.6 Å². The lowest BCUT2D eigenvalue weighted by Gasteiger charge is -2.41. The number of amides is 2. The number of halogens is 2. The lowest BCUT2D eigenvalue weighted by atomic mass is 9.87. The SMILES string of the molecule is COc1cc(C=O)cc(I)c1OC1C=C(C(=O)NCCO)CC(N(Cc2ccccc2F)C(=O)CC(C)C)C1O. The zero-order valence-corrected chi connectivity index (χ0v) is 24.8. The number of methoxy groups -OCH3 is 1. The molecule has 0 radical (unpaired) electrons. The molecule has 0 bridgehead atoms. The molecule has 0 aliphatic heterocycles. The number of hydrogen-bond donors (Lipinski definition) is 3. The molecule has 0 saturated heterocycles. The molecular weight excluding hydrogens is 634 g/mol. The van der Waals surface area contributed by atoms with Gasteiger partial charge in [0, 0.05) is 42.6 Å². The van der Waals surface area contributed by atoms with Crippen LogP contribution >= 0.6 is 22.6 Å². The summed E-state index contributed by atoms with van der Waals surface area (Å²) in [4.78, 5) is 39.3. The highest BCUT2D eigenvalue weighted by atomic mass is 127. The molecule has 0 fully saturated rings. The highest BCUT2D eigenvalue weighted by Gasteiger charge is 2.41. The van der Waals surface area contributed by atoms with Crippen LogP contribution < -0.4 is 14.8 Å². The number of nitrogens with zero attached hydrogens (tertiary/aromatic N) is 1. The Morgan fingerprint density at radius 3 is 2.62 bits per heavy atom. The average Bonchev–Trinajstić information content (AvgIpc) is 2.92. The predicted octanol–water partition coefficient (Wildman–Crippen LogP) is 3.24. The van der Waals surface area contributed by atoms with Gasteiger partial charge in [0.25, 0.3) is 0 Å². The highest BCUT2D eigenvalue weighted by molar-refractivity contribution is 14.1. The zero-order chi connectivity index (χ0) is 29.4. The number of carbonyl (C=O) groups is 3. The van der Waals surface area contributed by atoms with E-state index in [4.69, 9.17) is 9.47 Å². The Balaban J connectivity index is 2.06. The number of ether oxygens (including phenoxy) is 2. The molecule has 0 aromatic heterocycles. The summed E-state index contributed by atoms with van der Waals surface area (Å²) in [6.45, 7) is 3.39. The van der Waals surface area contributed by atoms with E-state index in [1.54, 1.807) is 24.3 Å². The van der Waals surface area contributed by atoms with Gasteiger partial charge in [0.05, 0.1) is 23.3 Å². The van der Waals surface area contributed by atoms with E-state index in [1.165, 1.54) is 30.2 Å². The van der Waals surface area contributed by atoms with Crippen molar-refractivity contribution in [1.82, 2.24) is 10.2 Å². The normalized spacial score (nSPS) is 18.6. The molecule has 40 heavy (non-hydrogen) atoms. The smallest absolute Gasteiger partial charge is 0.247 e. The van der Waals surface area contributed by atoms with Crippen molar-refractivity contribution in [3.8, 4) is 11.5 Å². The van der Waals surface area contributed by atoms with Crippen LogP contribution in [-0.2, 0) is 16.1 Å². The molecule has 9 nitrogen and oxygen atoms in total. The molecule has 0 saturated carbocycles. The van der Waals surface area contributed by atoms with Crippen LogP contribution in [0, 0.1) is 15.3 Å². The van der Waals surface area contributed by atoms with Gasteiger partial charge in [-0.2, -0.15) is 0 Å². The Kier molecular flexibility index (Phi) is 11.5. The lowest BCUT2D eigenvalue weighted by Crippen LogP contribution is -2.55. The average molecular weight is 669 g/mol. The summed E-state index contributed by atoms with van der Waals surface area (Å²) >= 11 is 1.98. The number of nitrogens with one attached hydrogen (secondary N) is 1. The van der Waals surface area contributed by atoms with Crippen LogP contribution in [0.5, 0.6) is 11.5 Å². The van der Waals surface area contributed by atoms with Gasteiger partial charge in [-0.15, -0.1) is 0 Å². The van der Waals surface area contributed by atoms with E-state index in [1.807, 2.05) is 36.4 Å². The van der Waals surface area contributed by atoms with E-state index in [0.717, 1.165) is 0 Å². The highest BCUT2D eigenvalue weighted by Crippen LogP contribution is 2.37. The van der Waals surface area contributed by atoms with Crippen LogP contribution in [0.2, 0.25) is 0 Å². The van der Waals surface area contributed by atoms with Gasteiger partial charge in [-0.1, -0.05) is 32.0 Å². The molecule has 3 N–H and O–H groups in total. The fraction of sp³-hybridized carbons (Fsp3) is 0.414. The molecule has 2 aromatic rings. The van der Waals surface area contributed by atoms with Crippen molar-refractivity contribution in [2.45, 2.75) is 51.5 Å². The van der Waals surface area contributed by atoms with Gasteiger partial charge in [-0.3, -0.25) is 14.4 Å². The lowest BCUT2D eigenvalue weighted by molar-refractivity contribution is -0.140. The second-order valence-electron chi connectivity index (χ2n) is 9.88. The quantitative estimate of drug-likeness (QED) is 0.234. The predicted molar refractivity (Wildman–Crippen MR) is 155 cm³/mol. The molecule has 3 unspecified atom stereocenters. The minimum absolute atomic E-state index is 0.00607. The second-order valence-corrected chi connectivity index (χ2v) is 11.0. The van der Waals surface area contributed by atoms with Crippen LogP contribution in [-0.4, -0.2) is 71.7 Å². The Labute approximate surface area is 246 Å². The number of hydrogen-bond acceptors (Lipinski definition) is 7. The first kappa shape index (κ1) is 31.5. The van der Waals surface area contributed by atoms with Crippen molar-refractivity contribution in [3.63, 3.8) is 0 Å². The molecule has 0 heterocycles. The van der Waals surface area contributed by atoms with Crippen LogP contribution in [0.25, 0.3) is 0 Å². The topological polar surface area (TPSA) is 125 Å². The number of aldehydes is 1. The van der Waals surface area contributed by atoms with E-state index in [9.17, 15) is 29.0 Å². The second kappa shape index (κ2) is 14.6. The van der Waals surface area contributed by atoms with Gasteiger partial charge in [-0.25, -0.2) is 4.39 Å². The van der Waals surface area contributed by atoms with Crippen molar-refractivity contribution in [2.24, 2.45) is 5.92 Å². The molecular formula is C29H34FIN2O7. The van der Waals surface area contributed by atoms with Gasteiger partial charge in [0.2, 0.25) is 11.8 Å². The van der Waals surface area contributed by atoms with E-state index >= 15 is 0 Å². The van der Waals surface area contributed by atoms with Crippen LogP contribution in [0.3, 0.4) is 0 Å². The van der Waals surface area contributed by atoms with Crippen molar-refractivity contribution >= 4 is 40.7 Å². The molecule has 3 rings (SSSR count). The third-order valence-electron chi connectivity index (χ3n) is 6.46. The minimum Gasteiger partial charge on any atom is -0.493 e. The van der Waals surface area contributed by atoms with Gasteiger partial charge in [0.1, 0.15) is 24.3 Å². The van der Waals surface area contributed by atoms with E-state index in [2.05, 4.69) is 5.32 Å². The van der Waals surface area contributed by atoms with E-state index < -0.39 is 30.0 Å². The molecule has 2 aromatic carbocycles. The Hall–Kier alpha value is -3.03. The number of benzene rings is 2. The molecule has 0 spiro atoms. The van der Waals surface area contributed by atoms with E-state index in [-0.39, 0.29) is 67.0 Å². The molecule has 216 valence electrons. The number of aliphatic hydroxyl groups is 2. The Bertz CT molecular complexity index is 1250. The van der Waals surface area contributed by atoms with Gasteiger partial charge >= 0.3 is 0 Å². The largest absolute Gasteiger partial charge is 0.493 e. The Morgan fingerprint density at radius 1 is 1.27 bits per heavy atom.